The number of nitrogens with one attached hydrogen (secondary N) is 4. The molecule has 31 heteroatoms. The van der Waals surface area contributed by atoms with E-state index in [4.69, 9.17) is 37.9 Å². The van der Waals surface area contributed by atoms with Crippen molar-refractivity contribution in [3.05, 3.63) is 0 Å². The lowest BCUT2D eigenvalue weighted by Crippen LogP contribution is -2.65. The third-order valence-electron chi connectivity index (χ3n) is 12.1. The highest BCUT2D eigenvalue weighted by atomic mass is 16.8. The van der Waals surface area contributed by atoms with Gasteiger partial charge in [-0.25, -0.2) is 0 Å². The van der Waals surface area contributed by atoms with Gasteiger partial charge >= 0.3 is 0 Å². The molecule has 4 amide bonds. The first-order chi connectivity index (χ1) is 34.3. The zero-order chi connectivity index (χ0) is 53.2. The maximum Gasteiger partial charge on any atom is 0.234 e. The number of ether oxygens (including phenoxy) is 8. The molecule has 4 saturated heterocycles. The summed E-state index contributed by atoms with van der Waals surface area (Å²) >= 11 is 0. The fourth-order valence-electron chi connectivity index (χ4n) is 7.89. The van der Waals surface area contributed by atoms with E-state index in [9.17, 15) is 90.7 Å². The number of carbonyl (C=O) groups is 4. The van der Waals surface area contributed by atoms with Gasteiger partial charge in [0.2, 0.25) is 23.6 Å². The van der Waals surface area contributed by atoms with Gasteiger partial charge in [-0.15, -0.1) is 0 Å². The molecular formula is C41H73N5O26. The summed E-state index contributed by atoms with van der Waals surface area (Å²) in [7, 11) is 1.52. The Labute approximate surface area is 412 Å². The molecular weight excluding hydrogens is 978 g/mol. The highest BCUT2D eigenvalue weighted by Crippen LogP contribution is 2.31. The van der Waals surface area contributed by atoms with Gasteiger partial charge in [0, 0.05) is 33.1 Å². The molecule has 0 aliphatic carbocycles. The summed E-state index contributed by atoms with van der Waals surface area (Å²) in [5.74, 6) is -2.08. The molecule has 72 heavy (non-hydrogen) atoms. The molecule has 0 unspecified atom stereocenters. The number of rotatable bonds is 28. The van der Waals surface area contributed by atoms with Crippen molar-refractivity contribution >= 4 is 23.6 Å². The molecule has 0 spiro atoms. The fourth-order valence-corrected chi connectivity index (χ4v) is 7.89. The SMILES string of the molecule is CNC(=O)CCCCCNC(=O)CN(CC(=O)NCCO[C@H]1O[C@H](CO)[C@@H](O)[C@H](O)[C@@H]1O)CC(=O)NCCO[C@H]1O[C@H](CO[C@H]2O[C@H](CO)[C@@H](O)[C@H](O)[C@@H]2O)[C@@H](O)[C@H](O[C@H]2O[C@H](CO)[C@@H](O)[C@H](O)[C@@H]2O)[C@@H]1O. The van der Waals surface area contributed by atoms with Crippen molar-refractivity contribution in [3.63, 3.8) is 0 Å². The lowest BCUT2D eigenvalue weighted by molar-refractivity contribution is -0.366. The second kappa shape index (κ2) is 30.5. The van der Waals surface area contributed by atoms with E-state index in [0.717, 1.165) is 0 Å². The molecule has 20 atom stereocenters. The fraction of sp³-hybridized carbons (Fsp3) is 0.902. The van der Waals surface area contributed by atoms with Crippen LogP contribution in [0.5, 0.6) is 0 Å². The van der Waals surface area contributed by atoms with Gasteiger partial charge in [0.1, 0.15) is 97.7 Å². The molecule has 4 fully saturated rings. The van der Waals surface area contributed by atoms with Crippen LogP contribution in [-0.4, -0.2) is 309 Å². The van der Waals surface area contributed by atoms with Crippen LogP contribution in [0.15, 0.2) is 0 Å². The van der Waals surface area contributed by atoms with Gasteiger partial charge in [0.05, 0.1) is 59.3 Å². The Morgan fingerprint density at radius 3 is 1.31 bits per heavy atom. The summed E-state index contributed by atoms with van der Waals surface area (Å²) in [5, 5.41) is 154. The molecule has 31 nitrogen and oxygen atoms in total. The van der Waals surface area contributed by atoms with Crippen LogP contribution < -0.4 is 21.3 Å². The number of carbonyl (C=O) groups excluding carboxylic acids is 4. The van der Waals surface area contributed by atoms with Crippen molar-refractivity contribution in [1.82, 2.24) is 26.2 Å². The molecule has 0 bridgehead atoms. The number of hydrogen-bond donors (Lipinski definition) is 18. The van der Waals surface area contributed by atoms with Crippen molar-refractivity contribution < 1.29 is 129 Å². The molecule has 4 rings (SSSR count). The van der Waals surface area contributed by atoms with Crippen LogP contribution in [0.2, 0.25) is 0 Å². The first-order valence-electron chi connectivity index (χ1n) is 23.4. The van der Waals surface area contributed by atoms with Crippen molar-refractivity contribution in [3.8, 4) is 0 Å². The van der Waals surface area contributed by atoms with Gasteiger partial charge in [-0.2, -0.15) is 0 Å². The van der Waals surface area contributed by atoms with E-state index in [1.807, 2.05) is 0 Å². The second-order valence-corrected chi connectivity index (χ2v) is 17.5. The van der Waals surface area contributed by atoms with Gasteiger partial charge in [-0.05, 0) is 12.8 Å². The van der Waals surface area contributed by atoms with Crippen LogP contribution in [0.1, 0.15) is 25.7 Å². The zero-order valence-electron chi connectivity index (χ0n) is 39.5. The Bertz CT molecular complexity index is 1640. The summed E-state index contributed by atoms with van der Waals surface area (Å²) < 4.78 is 44.0. The van der Waals surface area contributed by atoms with Gasteiger partial charge in [0.15, 0.2) is 25.2 Å². The largest absolute Gasteiger partial charge is 0.394 e. The minimum atomic E-state index is -1.98. The predicted octanol–water partition coefficient (Wildman–Crippen LogP) is -11.8. The van der Waals surface area contributed by atoms with E-state index >= 15 is 0 Å². The Hall–Kier alpha value is -3.04. The summed E-state index contributed by atoms with van der Waals surface area (Å²) in [4.78, 5) is 51.8. The van der Waals surface area contributed by atoms with Crippen LogP contribution in [-0.2, 0) is 57.1 Å². The minimum absolute atomic E-state index is 0.127. The van der Waals surface area contributed by atoms with E-state index in [2.05, 4.69) is 21.3 Å². The molecule has 0 saturated carbocycles. The maximum atomic E-state index is 13.2. The molecule has 18 N–H and O–H groups in total. The maximum absolute atomic E-state index is 13.2. The van der Waals surface area contributed by atoms with Crippen molar-refractivity contribution in [1.29, 1.82) is 0 Å². The Morgan fingerprint density at radius 2 is 0.847 bits per heavy atom. The standard InChI is InChI=1S/C41H73N5O26/c1-42-22(50)5-3-2-4-6-43-23(51)11-46(12-24(52)44-7-9-65-38-33(61)30(58)26(54)18(14-47)68-38)13-25(53)45-8-10-66-40-36(64)37(72-41-35(63)32(60)28(56)20(16-49)70-41)29(57)21(71-40)17-67-39-34(62)31(59)27(55)19(15-48)69-39/h18-21,26-41,47-49,54-64H,2-17H2,1H3,(H,42,50)(H,43,51)(H,44,52)(H,45,53)/t18-,19-,20-,21-,26-,27-,28-,29-,30+,31+,32+,33+,34+,35+,36+,37+,38+,39+,40+,41-/m1/s1. The Kier molecular flexibility index (Phi) is 26.1. The van der Waals surface area contributed by atoms with E-state index in [0.29, 0.717) is 25.7 Å². The van der Waals surface area contributed by atoms with Crippen LogP contribution >= 0.6 is 0 Å². The first-order valence-corrected chi connectivity index (χ1v) is 23.4. The molecule has 0 aromatic carbocycles. The highest BCUT2D eigenvalue weighted by molar-refractivity contribution is 5.84. The smallest absolute Gasteiger partial charge is 0.234 e. The highest BCUT2D eigenvalue weighted by Gasteiger charge is 2.52. The summed E-state index contributed by atoms with van der Waals surface area (Å²) in [6.07, 6.45) is -32.1. The van der Waals surface area contributed by atoms with Crippen LogP contribution in [0.25, 0.3) is 0 Å². The van der Waals surface area contributed by atoms with Gasteiger partial charge in [0.25, 0.3) is 0 Å². The third-order valence-corrected chi connectivity index (χ3v) is 12.1. The molecule has 0 aromatic heterocycles. The van der Waals surface area contributed by atoms with Crippen molar-refractivity contribution in [2.45, 2.75) is 149 Å². The van der Waals surface area contributed by atoms with E-state index in [1.165, 1.54) is 11.9 Å². The summed E-state index contributed by atoms with van der Waals surface area (Å²) in [6, 6.07) is 0. The minimum Gasteiger partial charge on any atom is -0.394 e. The number of unbranched alkanes of at least 4 members (excludes halogenated alkanes) is 2. The van der Waals surface area contributed by atoms with Crippen molar-refractivity contribution in [2.24, 2.45) is 0 Å². The lowest BCUT2D eigenvalue weighted by Gasteiger charge is -2.46. The van der Waals surface area contributed by atoms with E-state index < -0.39 is 193 Å². The average molecular weight is 1050 g/mol. The lowest BCUT2D eigenvalue weighted by atomic mass is 9.96. The van der Waals surface area contributed by atoms with E-state index in [-0.39, 0.29) is 32.1 Å². The molecule has 4 aliphatic heterocycles. The first kappa shape index (κ1) is 61.5. The van der Waals surface area contributed by atoms with Crippen molar-refractivity contribution in [2.75, 3.05) is 86.0 Å². The van der Waals surface area contributed by atoms with Crippen LogP contribution in [0.4, 0.5) is 0 Å². The third kappa shape index (κ3) is 17.5. The number of aliphatic hydroxyl groups is 14. The average Bonchev–Trinajstić information content (AvgIpc) is 3.36. The van der Waals surface area contributed by atoms with Gasteiger partial charge in [-0.3, -0.25) is 24.1 Å². The molecule has 4 aliphatic rings. The number of aliphatic hydroxyl groups excluding tert-OH is 14. The predicted molar refractivity (Wildman–Crippen MR) is 233 cm³/mol. The Balaban J connectivity index is 1.36. The monoisotopic (exact) mass is 1050 g/mol. The molecule has 4 heterocycles. The number of hydrogen-bond acceptors (Lipinski definition) is 27. The summed E-state index contributed by atoms with van der Waals surface area (Å²) in [5.41, 5.74) is 0. The van der Waals surface area contributed by atoms with Gasteiger partial charge < -0.3 is 131 Å². The molecule has 418 valence electrons. The number of nitrogens with zero attached hydrogens (tertiary/aromatic N) is 1. The quantitative estimate of drug-likeness (QED) is 0.0324. The van der Waals surface area contributed by atoms with Crippen LogP contribution in [0, 0.1) is 0 Å². The Morgan fingerprint density at radius 1 is 0.444 bits per heavy atom. The molecule has 0 aromatic rings. The topological polar surface area (TPSA) is 477 Å². The normalized spacial score (nSPS) is 37.2. The van der Waals surface area contributed by atoms with Gasteiger partial charge in [-0.1, -0.05) is 6.42 Å². The number of amides is 4. The van der Waals surface area contributed by atoms with E-state index in [1.54, 1.807) is 0 Å². The molecule has 0 radical (unpaired) electrons. The summed E-state index contributed by atoms with van der Waals surface area (Å²) in [6.45, 7) is -5.50. The second-order valence-electron chi connectivity index (χ2n) is 17.5. The van der Waals surface area contributed by atoms with Crippen LogP contribution in [0.3, 0.4) is 0 Å². The zero-order valence-corrected chi connectivity index (χ0v) is 39.5.